The van der Waals surface area contributed by atoms with Crippen LogP contribution in [0, 0.1) is 6.92 Å². The molecule has 2 aromatic carbocycles. The summed E-state index contributed by atoms with van der Waals surface area (Å²) in [7, 11) is 0. The molecule has 0 saturated heterocycles. The third-order valence-corrected chi connectivity index (χ3v) is 6.91. The number of carbonyl (C=O) groups is 2. The van der Waals surface area contributed by atoms with Crippen LogP contribution in [0.15, 0.2) is 54.7 Å². The number of hydrogen-bond acceptors (Lipinski definition) is 6. The molecule has 10 heteroatoms. The molecule has 0 fully saturated rings. The van der Waals surface area contributed by atoms with Crippen molar-refractivity contribution in [3.63, 3.8) is 0 Å². The molecule has 1 heterocycles. The third-order valence-electron chi connectivity index (χ3n) is 6.91. The predicted molar refractivity (Wildman–Crippen MR) is 149 cm³/mol. The Balaban J connectivity index is 1.47. The number of anilines is 1. The van der Waals surface area contributed by atoms with Gasteiger partial charge in [0.25, 0.3) is 0 Å². The van der Waals surface area contributed by atoms with Crippen LogP contribution < -0.4 is 15.4 Å². The number of halogens is 3. The van der Waals surface area contributed by atoms with Gasteiger partial charge in [0, 0.05) is 19.3 Å². The molecule has 3 aromatic rings. The number of hydrogen-bond donors (Lipinski definition) is 2. The van der Waals surface area contributed by atoms with Gasteiger partial charge in [-0.1, -0.05) is 24.3 Å². The third kappa shape index (κ3) is 8.45. The van der Waals surface area contributed by atoms with Gasteiger partial charge in [-0.25, -0.2) is 4.98 Å². The number of nitrogens with one attached hydrogen (secondary N) is 2. The van der Waals surface area contributed by atoms with E-state index in [1.807, 2.05) is 48.6 Å². The van der Waals surface area contributed by atoms with E-state index < -0.39 is 12.1 Å². The van der Waals surface area contributed by atoms with Gasteiger partial charge in [-0.15, -0.1) is 0 Å². The van der Waals surface area contributed by atoms with Crippen molar-refractivity contribution in [3.8, 4) is 5.75 Å². The quantitative estimate of drug-likeness (QED) is 0.230. The molecule has 1 aromatic heterocycles. The highest BCUT2D eigenvalue weighted by Crippen LogP contribution is 2.36. The molecule has 0 spiro atoms. The zero-order valence-electron chi connectivity index (χ0n) is 23.1. The van der Waals surface area contributed by atoms with Crippen LogP contribution in [0.4, 0.5) is 19.0 Å². The van der Waals surface area contributed by atoms with Gasteiger partial charge in [-0.2, -0.15) is 13.2 Å². The van der Waals surface area contributed by atoms with Crippen LogP contribution in [0.2, 0.25) is 0 Å². The number of rotatable bonds is 11. The summed E-state index contributed by atoms with van der Waals surface area (Å²) in [6, 6.07) is 15.2. The van der Waals surface area contributed by atoms with E-state index in [1.54, 1.807) is 25.3 Å². The Bertz CT molecular complexity index is 1380. The van der Waals surface area contributed by atoms with Crippen LogP contribution in [0.25, 0.3) is 0 Å². The van der Waals surface area contributed by atoms with E-state index in [2.05, 4.69) is 10.3 Å². The first-order chi connectivity index (χ1) is 19.6. The van der Waals surface area contributed by atoms with Gasteiger partial charge in [-0.05, 0) is 96.7 Å². The summed E-state index contributed by atoms with van der Waals surface area (Å²) in [6.07, 6.45) is -1.10. The minimum absolute atomic E-state index is 0.155. The topological polar surface area (TPSA) is 89.6 Å². The molecule has 0 saturated carbocycles. The largest absolute Gasteiger partial charge is 0.494 e. The highest BCUT2D eigenvalue weighted by Gasteiger charge is 2.38. The van der Waals surface area contributed by atoms with Gasteiger partial charge in [0.1, 0.15) is 11.6 Å². The van der Waals surface area contributed by atoms with Crippen LogP contribution in [0.3, 0.4) is 0 Å². The second-order valence-electron chi connectivity index (χ2n) is 10.1. The highest BCUT2D eigenvalue weighted by molar-refractivity contribution is 5.81. The Morgan fingerprint density at radius 2 is 1.88 bits per heavy atom. The summed E-state index contributed by atoms with van der Waals surface area (Å²) in [4.78, 5) is 28.0. The monoisotopic (exact) mass is 569 g/mol. The van der Waals surface area contributed by atoms with E-state index in [-0.39, 0.29) is 31.5 Å². The van der Waals surface area contributed by atoms with E-state index in [0.29, 0.717) is 31.6 Å². The minimum atomic E-state index is -4.95. The first-order valence-electron chi connectivity index (χ1n) is 13.7. The van der Waals surface area contributed by atoms with Crippen molar-refractivity contribution in [1.82, 2.24) is 10.3 Å². The fourth-order valence-corrected chi connectivity index (χ4v) is 4.95. The van der Waals surface area contributed by atoms with Crippen molar-refractivity contribution >= 4 is 17.7 Å². The van der Waals surface area contributed by atoms with Crippen LogP contribution in [-0.2, 0) is 33.7 Å². The molecular formula is C31H34F3N3O4. The SMILES string of the molecule is CCOC(=O)CC1Cc2ccc(OCCCNc3cc(C)ccn3)cc2Cc2cc(CNC(=O)C(F)(F)F)ccc21. The molecule has 218 valence electrons. The number of amides is 1. The summed E-state index contributed by atoms with van der Waals surface area (Å²) >= 11 is 0. The van der Waals surface area contributed by atoms with Gasteiger partial charge < -0.3 is 20.1 Å². The second-order valence-corrected chi connectivity index (χ2v) is 10.1. The minimum Gasteiger partial charge on any atom is -0.494 e. The standard InChI is InChI=1S/C31H34F3N3O4/c1-3-40-29(38)18-25-15-22-6-7-26(41-12-4-10-35-28-13-20(2)9-11-36-28)17-23(22)16-24-14-21(5-8-27(24)25)19-37-30(39)31(32,33)34/h5-9,11,13-14,17,25H,3-4,10,12,15-16,18-19H2,1-2H3,(H,35,36)(H,37,39). The van der Waals surface area contributed by atoms with Crippen LogP contribution in [0.5, 0.6) is 5.75 Å². The molecule has 0 aliphatic heterocycles. The van der Waals surface area contributed by atoms with E-state index in [4.69, 9.17) is 9.47 Å². The molecule has 4 rings (SSSR count). The van der Waals surface area contributed by atoms with Crippen molar-refractivity contribution in [2.45, 2.75) is 58.2 Å². The first kappa shape index (κ1) is 29.9. The van der Waals surface area contributed by atoms with E-state index in [9.17, 15) is 22.8 Å². The summed E-state index contributed by atoms with van der Waals surface area (Å²) in [5.41, 5.74) is 5.61. The summed E-state index contributed by atoms with van der Waals surface area (Å²) in [5, 5.41) is 5.21. The summed E-state index contributed by atoms with van der Waals surface area (Å²) in [6.45, 7) is 5.01. The molecule has 2 N–H and O–H groups in total. The average Bonchev–Trinajstić information content (AvgIpc) is 3.06. The molecule has 1 amide bonds. The number of alkyl halides is 3. The Hall–Kier alpha value is -4.08. The van der Waals surface area contributed by atoms with Gasteiger partial charge in [-0.3, -0.25) is 9.59 Å². The number of nitrogens with zero attached hydrogens (tertiary/aromatic N) is 1. The van der Waals surface area contributed by atoms with E-state index in [0.717, 1.165) is 45.8 Å². The maximum Gasteiger partial charge on any atom is 0.471 e. The Morgan fingerprint density at radius 3 is 2.63 bits per heavy atom. The van der Waals surface area contributed by atoms with Crippen LogP contribution in [0.1, 0.15) is 59.1 Å². The summed E-state index contributed by atoms with van der Waals surface area (Å²) < 4.78 is 49.2. The predicted octanol–water partition coefficient (Wildman–Crippen LogP) is 5.63. The van der Waals surface area contributed by atoms with Crippen molar-refractivity contribution in [1.29, 1.82) is 0 Å². The van der Waals surface area contributed by atoms with Gasteiger partial charge >= 0.3 is 18.1 Å². The number of benzene rings is 2. The molecule has 0 bridgehead atoms. The molecule has 7 nitrogen and oxygen atoms in total. The molecular weight excluding hydrogens is 535 g/mol. The normalized spacial score (nSPS) is 14.3. The van der Waals surface area contributed by atoms with Crippen molar-refractivity contribution in [3.05, 3.63) is 88.1 Å². The Labute approximate surface area is 237 Å². The van der Waals surface area contributed by atoms with Crippen molar-refractivity contribution in [2.75, 3.05) is 25.1 Å². The Morgan fingerprint density at radius 1 is 1.05 bits per heavy atom. The van der Waals surface area contributed by atoms with Gasteiger partial charge in [0.05, 0.1) is 19.6 Å². The fourth-order valence-electron chi connectivity index (χ4n) is 4.95. The van der Waals surface area contributed by atoms with Crippen LogP contribution in [-0.4, -0.2) is 42.8 Å². The lowest BCUT2D eigenvalue weighted by atomic mass is 9.88. The second kappa shape index (κ2) is 13.5. The average molecular weight is 570 g/mol. The fraction of sp³-hybridized carbons (Fsp3) is 0.387. The number of fused-ring (bicyclic) bond motifs is 2. The zero-order valence-corrected chi connectivity index (χ0v) is 23.1. The first-order valence-corrected chi connectivity index (χ1v) is 13.7. The van der Waals surface area contributed by atoms with Gasteiger partial charge in [0.15, 0.2) is 0 Å². The highest BCUT2D eigenvalue weighted by atomic mass is 19.4. The van der Waals surface area contributed by atoms with Crippen molar-refractivity contribution in [2.24, 2.45) is 0 Å². The molecule has 1 atom stereocenters. The van der Waals surface area contributed by atoms with E-state index >= 15 is 0 Å². The number of pyridine rings is 1. The molecule has 1 unspecified atom stereocenters. The van der Waals surface area contributed by atoms with Gasteiger partial charge in [0.2, 0.25) is 0 Å². The lowest BCUT2D eigenvalue weighted by Crippen LogP contribution is -2.36. The Kier molecular flexibility index (Phi) is 9.86. The lowest BCUT2D eigenvalue weighted by molar-refractivity contribution is -0.173. The van der Waals surface area contributed by atoms with Crippen molar-refractivity contribution < 1.29 is 32.2 Å². The number of aryl methyl sites for hydroxylation is 1. The molecule has 41 heavy (non-hydrogen) atoms. The number of ether oxygens (including phenoxy) is 2. The van der Waals surface area contributed by atoms with Crippen LogP contribution >= 0.6 is 0 Å². The van der Waals surface area contributed by atoms with E-state index in [1.165, 1.54) is 0 Å². The molecule has 1 aliphatic carbocycles. The zero-order chi connectivity index (χ0) is 29.4. The summed E-state index contributed by atoms with van der Waals surface area (Å²) in [5.74, 6) is -0.898. The molecule has 1 aliphatic rings. The number of carbonyl (C=O) groups excluding carboxylic acids is 2. The number of aromatic nitrogens is 1. The lowest BCUT2D eigenvalue weighted by Gasteiger charge is -2.18. The smallest absolute Gasteiger partial charge is 0.471 e. The number of esters is 1. The maximum absolute atomic E-state index is 12.7. The molecule has 0 radical (unpaired) electrons. The maximum atomic E-state index is 12.7.